The first-order chi connectivity index (χ1) is 6.99. The predicted octanol–water partition coefficient (Wildman–Crippen LogP) is -1.49. The number of hydrogen-bond acceptors (Lipinski definition) is 4. The van der Waals surface area contributed by atoms with Crippen LogP contribution in [0.1, 0.15) is 13.3 Å². The SMILES string of the molecule is CC1=C(C(N)=O)C(=O)N(CCN)C(=O)C1. The molecule has 0 fully saturated rings. The quantitative estimate of drug-likeness (QED) is 0.438. The molecule has 0 bridgehead atoms. The lowest BCUT2D eigenvalue weighted by molar-refractivity contribution is -0.143. The van der Waals surface area contributed by atoms with Crippen LogP contribution in [0, 0.1) is 0 Å². The molecule has 0 aliphatic carbocycles. The molecule has 1 aliphatic heterocycles. The Morgan fingerprint density at radius 1 is 1.47 bits per heavy atom. The molecule has 0 aromatic heterocycles. The van der Waals surface area contributed by atoms with Crippen molar-refractivity contribution in [2.24, 2.45) is 11.5 Å². The zero-order valence-corrected chi connectivity index (χ0v) is 8.45. The van der Waals surface area contributed by atoms with Crippen molar-refractivity contribution in [2.45, 2.75) is 13.3 Å². The van der Waals surface area contributed by atoms with Gasteiger partial charge >= 0.3 is 0 Å². The van der Waals surface area contributed by atoms with Gasteiger partial charge in [-0.25, -0.2) is 0 Å². The van der Waals surface area contributed by atoms with Crippen molar-refractivity contribution in [1.82, 2.24) is 4.90 Å². The number of nitrogens with zero attached hydrogens (tertiary/aromatic N) is 1. The lowest BCUT2D eigenvalue weighted by Gasteiger charge is -2.26. The van der Waals surface area contributed by atoms with Crippen molar-refractivity contribution < 1.29 is 14.4 Å². The first kappa shape index (κ1) is 11.4. The number of nitrogens with two attached hydrogens (primary N) is 2. The first-order valence-electron chi connectivity index (χ1n) is 4.53. The van der Waals surface area contributed by atoms with Gasteiger partial charge in [-0.05, 0) is 12.5 Å². The van der Waals surface area contributed by atoms with Gasteiger partial charge in [-0.1, -0.05) is 0 Å². The van der Waals surface area contributed by atoms with Gasteiger partial charge < -0.3 is 11.5 Å². The number of primary amides is 1. The maximum Gasteiger partial charge on any atom is 0.266 e. The van der Waals surface area contributed by atoms with Crippen molar-refractivity contribution in [1.29, 1.82) is 0 Å². The summed E-state index contributed by atoms with van der Waals surface area (Å²) in [5.41, 5.74) is 10.7. The topological polar surface area (TPSA) is 106 Å². The van der Waals surface area contributed by atoms with Crippen LogP contribution in [0.5, 0.6) is 0 Å². The minimum Gasteiger partial charge on any atom is -0.365 e. The molecule has 82 valence electrons. The molecule has 15 heavy (non-hydrogen) atoms. The standard InChI is InChI=1S/C9H13N3O3/c1-5-4-6(13)12(3-2-10)9(15)7(5)8(11)14/h2-4,10H2,1H3,(H2,11,14). The second kappa shape index (κ2) is 4.22. The van der Waals surface area contributed by atoms with Gasteiger partial charge in [0.2, 0.25) is 5.91 Å². The molecule has 0 aromatic carbocycles. The molecule has 0 saturated heterocycles. The number of hydrogen-bond donors (Lipinski definition) is 2. The number of carbonyl (C=O) groups excluding carboxylic acids is 3. The summed E-state index contributed by atoms with van der Waals surface area (Å²) in [5.74, 6) is -1.78. The van der Waals surface area contributed by atoms with Crippen LogP contribution in [0.25, 0.3) is 0 Å². The molecule has 4 N–H and O–H groups in total. The van der Waals surface area contributed by atoms with E-state index in [1.54, 1.807) is 6.92 Å². The van der Waals surface area contributed by atoms with Gasteiger partial charge in [0.1, 0.15) is 5.57 Å². The first-order valence-corrected chi connectivity index (χ1v) is 4.53. The maximum absolute atomic E-state index is 11.7. The second-order valence-electron chi connectivity index (χ2n) is 3.34. The van der Waals surface area contributed by atoms with Gasteiger partial charge in [-0.3, -0.25) is 19.3 Å². The van der Waals surface area contributed by atoms with Gasteiger partial charge in [0.25, 0.3) is 11.8 Å². The van der Waals surface area contributed by atoms with E-state index in [0.29, 0.717) is 5.57 Å². The predicted molar refractivity (Wildman–Crippen MR) is 52.3 cm³/mol. The fourth-order valence-electron chi connectivity index (χ4n) is 1.51. The van der Waals surface area contributed by atoms with E-state index in [9.17, 15) is 14.4 Å². The zero-order valence-electron chi connectivity index (χ0n) is 8.45. The normalized spacial score (nSPS) is 17.3. The highest BCUT2D eigenvalue weighted by Gasteiger charge is 2.33. The Morgan fingerprint density at radius 2 is 2.07 bits per heavy atom. The summed E-state index contributed by atoms with van der Waals surface area (Å²) >= 11 is 0. The Hall–Kier alpha value is -1.69. The molecule has 6 nitrogen and oxygen atoms in total. The molecular formula is C9H13N3O3. The van der Waals surface area contributed by atoms with E-state index >= 15 is 0 Å². The lowest BCUT2D eigenvalue weighted by Crippen LogP contribution is -2.46. The maximum atomic E-state index is 11.7. The van der Waals surface area contributed by atoms with Crippen LogP contribution in [-0.4, -0.2) is 35.7 Å². The Kier molecular flexibility index (Phi) is 3.21. The highest BCUT2D eigenvalue weighted by molar-refractivity contribution is 6.23. The summed E-state index contributed by atoms with van der Waals surface area (Å²) in [7, 11) is 0. The Balaban J connectivity index is 3.07. The van der Waals surface area contributed by atoms with Crippen LogP contribution in [0.15, 0.2) is 11.1 Å². The molecule has 6 heteroatoms. The van der Waals surface area contributed by atoms with Crippen molar-refractivity contribution in [2.75, 3.05) is 13.1 Å². The summed E-state index contributed by atoms with van der Waals surface area (Å²) in [4.78, 5) is 35.1. The summed E-state index contributed by atoms with van der Waals surface area (Å²) in [6.45, 7) is 1.83. The van der Waals surface area contributed by atoms with Gasteiger partial charge in [0.05, 0.1) is 0 Å². The second-order valence-corrected chi connectivity index (χ2v) is 3.34. The fraction of sp³-hybridized carbons (Fsp3) is 0.444. The average Bonchev–Trinajstić information content (AvgIpc) is 2.11. The molecule has 3 amide bonds. The van der Waals surface area contributed by atoms with Crippen molar-refractivity contribution >= 4 is 17.7 Å². The molecule has 0 radical (unpaired) electrons. The number of imide groups is 1. The summed E-state index contributed by atoms with van der Waals surface area (Å²) in [6, 6.07) is 0. The van der Waals surface area contributed by atoms with Crippen LogP contribution < -0.4 is 11.5 Å². The largest absolute Gasteiger partial charge is 0.365 e. The monoisotopic (exact) mass is 211 g/mol. The lowest BCUT2D eigenvalue weighted by atomic mass is 9.99. The highest BCUT2D eigenvalue weighted by Crippen LogP contribution is 2.19. The van der Waals surface area contributed by atoms with E-state index in [2.05, 4.69) is 0 Å². The Morgan fingerprint density at radius 3 is 2.53 bits per heavy atom. The summed E-state index contributed by atoms with van der Waals surface area (Å²) in [6.07, 6.45) is 0.0456. The molecule has 1 rings (SSSR count). The van der Waals surface area contributed by atoms with E-state index in [-0.39, 0.29) is 31.0 Å². The van der Waals surface area contributed by atoms with Crippen LogP contribution in [0.3, 0.4) is 0 Å². The zero-order chi connectivity index (χ0) is 11.6. The van der Waals surface area contributed by atoms with Crippen molar-refractivity contribution in [3.05, 3.63) is 11.1 Å². The van der Waals surface area contributed by atoms with Crippen LogP contribution in [0.4, 0.5) is 0 Å². The minimum absolute atomic E-state index is 0.0456. The molecule has 1 heterocycles. The molecule has 0 aromatic rings. The van der Waals surface area contributed by atoms with E-state index < -0.39 is 11.8 Å². The summed E-state index contributed by atoms with van der Waals surface area (Å²) < 4.78 is 0. The van der Waals surface area contributed by atoms with E-state index in [4.69, 9.17) is 11.5 Å². The number of amides is 3. The Labute approximate surface area is 86.9 Å². The molecule has 0 spiro atoms. The third-order valence-electron chi connectivity index (χ3n) is 2.20. The van der Waals surface area contributed by atoms with Gasteiger partial charge in [-0.15, -0.1) is 0 Å². The van der Waals surface area contributed by atoms with Gasteiger partial charge in [-0.2, -0.15) is 0 Å². The molecule has 0 atom stereocenters. The number of rotatable bonds is 3. The Bertz CT molecular complexity index is 360. The minimum atomic E-state index is -0.799. The van der Waals surface area contributed by atoms with Gasteiger partial charge in [0.15, 0.2) is 0 Å². The number of carbonyl (C=O) groups is 3. The molecule has 0 unspecified atom stereocenters. The third kappa shape index (κ3) is 2.04. The van der Waals surface area contributed by atoms with Crippen molar-refractivity contribution in [3.63, 3.8) is 0 Å². The highest BCUT2D eigenvalue weighted by atomic mass is 16.2. The van der Waals surface area contributed by atoms with E-state index in [1.165, 1.54) is 0 Å². The average molecular weight is 211 g/mol. The van der Waals surface area contributed by atoms with Crippen LogP contribution in [-0.2, 0) is 14.4 Å². The van der Waals surface area contributed by atoms with E-state index in [1.807, 2.05) is 0 Å². The summed E-state index contributed by atoms with van der Waals surface area (Å²) in [5, 5.41) is 0. The van der Waals surface area contributed by atoms with Crippen LogP contribution in [0.2, 0.25) is 0 Å². The van der Waals surface area contributed by atoms with Gasteiger partial charge in [0, 0.05) is 19.5 Å². The van der Waals surface area contributed by atoms with E-state index in [0.717, 1.165) is 4.90 Å². The smallest absolute Gasteiger partial charge is 0.266 e. The molecule has 1 aliphatic rings. The fourth-order valence-corrected chi connectivity index (χ4v) is 1.51. The third-order valence-corrected chi connectivity index (χ3v) is 2.20. The van der Waals surface area contributed by atoms with Crippen molar-refractivity contribution in [3.8, 4) is 0 Å². The molecular weight excluding hydrogens is 198 g/mol. The molecule has 0 saturated carbocycles. The van der Waals surface area contributed by atoms with Crippen LogP contribution >= 0.6 is 0 Å².